The highest BCUT2D eigenvalue weighted by atomic mass is 32.2. The molecule has 146 valence electrons. The zero-order valence-electron chi connectivity index (χ0n) is 14.8. The summed E-state index contributed by atoms with van der Waals surface area (Å²) in [6, 6.07) is 10.3. The lowest BCUT2D eigenvalue weighted by Crippen LogP contribution is -2.30. The van der Waals surface area contributed by atoms with Crippen molar-refractivity contribution in [3.05, 3.63) is 54.1 Å². The molecule has 0 unspecified atom stereocenters. The van der Waals surface area contributed by atoms with Crippen molar-refractivity contribution in [1.82, 2.24) is 4.31 Å². The van der Waals surface area contributed by atoms with E-state index in [-0.39, 0.29) is 21.0 Å². The van der Waals surface area contributed by atoms with Gasteiger partial charge >= 0.3 is 5.97 Å². The van der Waals surface area contributed by atoms with Gasteiger partial charge in [0.15, 0.2) is 0 Å². The fourth-order valence-corrected chi connectivity index (χ4v) is 4.98. The lowest BCUT2D eigenvalue weighted by Gasteiger charge is -2.18. The van der Waals surface area contributed by atoms with Gasteiger partial charge in [-0.05, 0) is 42.5 Å². The monoisotopic (exact) mass is 412 g/mol. The van der Waals surface area contributed by atoms with Crippen LogP contribution in [-0.4, -0.2) is 45.3 Å². The largest absolute Gasteiger partial charge is 0.478 e. The first-order valence-electron chi connectivity index (χ1n) is 8.08. The Hall–Kier alpha value is -2.43. The van der Waals surface area contributed by atoms with E-state index < -0.39 is 26.0 Å². The molecular weight excluding hydrogens is 392 g/mol. The van der Waals surface area contributed by atoms with E-state index in [0.717, 1.165) is 6.07 Å². The first-order chi connectivity index (χ1) is 12.6. The highest BCUT2D eigenvalue weighted by Gasteiger charge is 2.22. The highest BCUT2D eigenvalue weighted by molar-refractivity contribution is 7.92. The normalized spacial score (nSPS) is 12.1. The van der Waals surface area contributed by atoms with Crippen molar-refractivity contribution in [1.29, 1.82) is 0 Å². The topological polar surface area (TPSA) is 121 Å². The number of carbonyl (C=O) groups is 1. The maximum absolute atomic E-state index is 12.4. The molecule has 2 aromatic carbocycles. The predicted octanol–water partition coefficient (Wildman–Crippen LogP) is 2.22. The second-order valence-electron chi connectivity index (χ2n) is 5.55. The Bertz CT molecular complexity index is 1030. The van der Waals surface area contributed by atoms with Crippen LogP contribution in [0.1, 0.15) is 24.2 Å². The molecular formula is C17H20N2O6S2. The summed E-state index contributed by atoms with van der Waals surface area (Å²) in [4.78, 5) is 10.8. The standard InChI is InChI=1S/C17H20N2O6S2/c1-3-19(4-2)27(24,25)15-10-8-14(9-11-15)18-26(22,23)16-7-5-6-13(12-16)17(20)21/h5-12,18H,3-4H2,1-2H3,(H,20,21). The van der Waals surface area contributed by atoms with E-state index in [2.05, 4.69) is 4.72 Å². The van der Waals surface area contributed by atoms with Crippen molar-refractivity contribution in [3.63, 3.8) is 0 Å². The number of carboxylic acid groups (broad SMARTS) is 1. The molecule has 2 aromatic rings. The fraction of sp³-hybridized carbons (Fsp3) is 0.235. The minimum atomic E-state index is -4.02. The second-order valence-corrected chi connectivity index (χ2v) is 9.17. The molecule has 0 aromatic heterocycles. The molecule has 0 spiro atoms. The minimum Gasteiger partial charge on any atom is -0.478 e. The van der Waals surface area contributed by atoms with Crippen LogP contribution in [0.5, 0.6) is 0 Å². The third kappa shape index (κ3) is 4.65. The third-order valence-corrected chi connectivity index (χ3v) is 7.28. The molecule has 0 aliphatic heterocycles. The Morgan fingerprint density at radius 1 is 0.963 bits per heavy atom. The maximum Gasteiger partial charge on any atom is 0.335 e. The Kier molecular flexibility index (Phi) is 6.24. The number of aromatic carboxylic acids is 1. The highest BCUT2D eigenvalue weighted by Crippen LogP contribution is 2.21. The predicted molar refractivity (Wildman–Crippen MR) is 101 cm³/mol. The average Bonchev–Trinajstić information content (AvgIpc) is 2.62. The molecule has 0 bridgehead atoms. The van der Waals surface area contributed by atoms with Crippen molar-refractivity contribution in [2.45, 2.75) is 23.6 Å². The maximum atomic E-state index is 12.4. The number of rotatable bonds is 8. The number of nitrogens with one attached hydrogen (secondary N) is 1. The van der Waals surface area contributed by atoms with Crippen molar-refractivity contribution >= 4 is 31.7 Å². The Balaban J connectivity index is 2.28. The summed E-state index contributed by atoms with van der Waals surface area (Å²) in [6.45, 7) is 4.11. The number of carboxylic acids is 1. The van der Waals surface area contributed by atoms with Crippen LogP contribution in [0.2, 0.25) is 0 Å². The van der Waals surface area contributed by atoms with Gasteiger partial charge < -0.3 is 5.11 Å². The van der Waals surface area contributed by atoms with Gasteiger partial charge in [-0.1, -0.05) is 19.9 Å². The smallest absolute Gasteiger partial charge is 0.335 e. The van der Waals surface area contributed by atoms with Crippen LogP contribution in [0.4, 0.5) is 5.69 Å². The van der Waals surface area contributed by atoms with Crippen LogP contribution in [0.25, 0.3) is 0 Å². The number of nitrogens with zero attached hydrogens (tertiary/aromatic N) is 1. The molecule has 10 heteroatoms. The lowest BCUT2D eigenvalue weighted by atomic mass is 10.2. The summed E-state index contributed by atoms with van der Waals surface area (Å²) < 4.78 is 53.4. The molecule has 2 rings (SSSR count). The van der Waals surface area contributed by atoms with Gasteiger partial charge in [-0.2, -0.15) is 4.31 Å². The summed E-state index contributed by atoms with van der Waals surface area (Å²) in [7, 11) is -7.65. The van der Waals surface area contributed by atoms with E-state index in [1.165, 1.54) is 46.8 Å². The molecule has 0 aliphatic rings. The number of hydrogen-bond acceptors (Lipinski definition) is 5. The Morgan fingerprint density at radius 2 is 1.56 bits per heavy atom. The fourth-order valence-electron chi connectivity index (χ4n) is 2.42. The molecule has 0 saturated carbocycles. The third-order valence-electron chi connectivity index (χ3n) is 3.84. The van der Waals surface area contributed by atoms with E-state index in [9.17, 15) is 21.6 Å². The molecule has 0 radical (unpaired) electrons. The number of hydrogen-bond donors (Lipinski definition) is 2. The van der Waals surface area contributed by atoms with Crippen LogP contribution < -0.4 is 4.72 Å². The van der Waals surface area contributed by atoms with Gasteiger partial charge in [-0.15, -0.1) is 0 Å². The van der Waals surface area contributed by atoms with Gasteiger partial charge in [0, 0.05) is 18.8 Å². The van der Waals surface area contributed by atoms with Crippen molar-refractivity contribution in [2.24, 2.45) is 0 Å². The minimum absolute atomic E-state index is 0.0574. The Labute approximate surface area is 158 Å². The molecule has 0 heterocycles. The van der Waals surface area contributed by atoms with Crippen LogP contribution >= 0.6 is 0 Å². The molecule has 27 heavy (non-hydrogen) atoms. The average molecular weight is 412 g/mol. The van der Waals surface area contributed by atoms with Crippen molar-refractivity contribution in [3.8, 4) is 0 Å². The SMILES string of the molecule is CCN(CC)S(=O)(=O)c1ccc(NS(=O)(=O)c2cccc(C(=O)O)c2)cc1. The van der Waals surface area contributed by atoms with E-state index >= 15 is 0 Å². The lowest BCUT2D eigenvalue weighted by molar-refractivity contribution is 0.0696. The van der Waals surface area contributed by atoms with E-state index in [1.807, 2.05) is 0 Å². The van der Waals surface area contributed by atoms with Crippen molar-refractivity contribution < 1.29 is 26.7 Å². The summed E-state index contributed by atoms with van der Waals surface area (Å²) in [5.41, 5.74) is 0.00719. The second kappa shape index (κ2) is 8.07. The van der Waals surface area contributed by atoms with Gasteiger partial charge in [-0.25, -0.2) is 21.6 Å². The van der Waals surface area contributed by atoms with Crippen LogP contribution in [0.3, 0.4) is 0 Å². The number of benzene rings is 2. The molecule has 0 atom stereocenters. The van der Waals surface area contributed by atoms with Gasteiger partial charge in [0.2, 0.25) is 10.0 Å². The van der Waals surface area contributed by atoms with Crippen LogP contribution in [0, 0.1) is 0 Å². The quantitative estimate of drug-likeness (QED) is 0.686. The zero-order chi connectivity index (χ0) is 20.2. The summed E-state index contributed by atoms with van der Waals surface area (Å²) in [5, 5.41) is 8.98. The first-order valence-corrected chi connectivity index (χ1v) is 11.0. The van der Waals surface area contributed by atoms with Crippen molar-refractivity contribution in [2.75, 3.05) is 17.8 Å². The molecule has 8 nitrogen and oxygen atoms in total. The van der Waals surface area contributed by atoms with E-state index in [0.29, 0.717) is 13.1 Å². The van der Waals surface area contributed by atoms with Crippen LogP contribution in [0.15, 0.2) is 58.3 Å². The molecule has 0 aliphatic carbocycles. The Morgan fingerprint density at radius 3 is 2.07 bits per heavy atom. The van der Waals surface area contributed by atoms with Gasteiger partial charge in [0.25, 0.3) is 10.0 Å². The molecule has 0 fully saturated rings. The zero-order valence-corrected chi connectivity index (χ0v) is 16.4. The van der Waals surface area contributed by atoms with Crippen LogP contribution in [-0.2, 0) is 20.0 Å². The molecule has 2 N–H and O–H groups in total. The van der Waals surface area contributed by atoms with Gasteiger partial charge in [0.1, 0.15) is 0 Å². The molecule has 0 saturated heterocycles. The summed E-state index contributed by atoms with van der Waals surface area (Å²) in [5.74, 6) is -1.24. The summed E-state index contributed by atoms with van der Waals surface area (Å²) in [6.07, 6.45) is 0. The van der Waals surface area contributed by atoms with Gasteiger partial charge in [0.05, 0.1) is 15.4 Å². The van der Waals surface area contributed by atoms with E-state index in [1.54, 1.807) is 13.8 Å². The van der Waals surface area contributed by atoms with E-state index in [4.69, 9.17) is 5.11 Å². The van der Waals surface area contributed by atoms with Gasteiger partial charge in [-0.3, -0.25) is 4.72 Å². The number of anilines is 1. The number of sulfonamides is 2. The first kappa shape index (κ1) is 20.9. The summed E-state index contributed by atoms with van der Waals surface area (Å²) >= 11 is 0. The molecule has 0 amide bonds.